The Kier molecular flexibility index (Phi) is 5.18. The molecule has 5 heteroatoms. The Hall–Kier alpha value is -1.59. The molecule has 140 valence electrons. The molecule has 0 spiro atoms. The first kappa shape index (κ1) is 17.8. The van der Waals surface area contributed by atoms with E-state index in [1.807, 2.05) is 12.1 Å². The molecule has 1 unspecified atom stereocenters. The highest BCUT2D eigenvalue weighted by Gasteiger charge is 2.30. The first-order valence-electron chi connectivity index (χ1n) is 9.77. The number of hydrogen-bond donors (Lipinski definition) is 1. The van der Waals surface area contributed by atoms with Gasteiger partial charge < -0.3 is 10.1 Å². The molecule has 1 aliphatic carbocycles. The highest BCUT2D eigenvalue weighted by Crippen LogP contribution is 2.32. The third-order valence-electron chi connectivity index (χ3n) is 5.85. The molecule has 1 saturated carbocycles. The highest BCUT2D eigenvalue weighted by molar-refractivity contribution is 7.19. The van der Waals surface area contributed by atoms with Crippen molar-refractivity contribution in [3.8, 4) is 5.75 Å². The standard InChI is InChI=1S/C21H28N2O2S/c1-14-10-15-11-18(19(25-2)12-20(15)26-14)21(24)22-16-8-9-23(13-16)17-6-4-3-5-7-17/h10-12,16-17H,3-9,13H2,1-2H3,(H,22,24). The van der Waals surface area contributed by atoms with Gasteiger partial charge in [-0.15, -0.1) is 11.3 Å². The number of benzene rings is 1. The summed E-state index contributed by atoms with van der Waals surface area (Å²) in [5.41, 5.74) is 0.647. The van der Waals surface area contributed by atoms with Gasteiger partial charge in [0.2, 0.25) is 0 Å². The number of aryl methyl sites for hydroxylation is 1. The van der Waals surface area contributed by atoms with Crippen LogP contribution in [-0.2, 0) is 0 Å². The minimum Gasteiger partial charge on any atom is -0.496 e. The van der Waals surface area contributed by atoms with E-state index >= 15 is 0 Å². The lowest BCUT2D eigenvalue weighted by Gasteiger charge is -2.31. The Balaban J connectivity index is 1.45. The predicted octanol–water partition coefficient (Wildman–Crippen LogP) is 4.36. The number of carbonyl (C=O) groups excluding carboxylic acids is 1. The van der Waals surface area contributed by atoms with E-state index in [-0.39, 0.29) is 11.9 Å². The van der Waals surface area contributed by atoms with E-state index in [1.165, 1.54) is 41.7 Å². The van der Waals surface area contributed by atoms with Crippen molar-refractivity contribution in [2.45, 2.75) is 57.5 Å². The number of carbonyl (C=O) groups is 1. The molecule has 2 aromatic rings. The zero-order valence-electron chi connectivity index (χ0n) is 15.7. The second-order valence-corrected chi connectivity index (χ2v) is 8.98. The number of nitrogens with one attached hydrogen (secondary N) is 1. The quantitative estimate of drug-likeness (QED) is 0.867. The summed E-state index contributed by atoms with van der Waals surface area (Å²) in [4.78, 5) is 16.7. The average molecular weight is 373 g/mol. The summed E-state index contributed by atoms with van der Waals surface area (Å²) in [5, 5.41) is 4.37. The van der Waals surface area contributed by atoms with Crippen LogP contribution in [0.15, 0.2) is 18.2 Å². The molecular weight excluding hydrogens is 344 g/mol. The van der Waals surface area contributed by atoms with Crippen LogP contribution in [0.2, 0.25) is 0 Å². The van der Waals surface area contributed by atoms with Gasteiger partial charge in [0.1, 0.15) is 5.75 Å². The topological polar surface area (TPSA) is 41.6 Å². The van der Waals surface area contributed by atoms with Crippen LogP contribution in [0.1, 0.15) is 53.8 Å². The first-order chi connectivity index (χ1) is 12.6. The van der Waals surface area contributed by atoms with Gasteiger partial charge in [0, 0.05) is 34.8 Å². The second-order valence-electron chi connectivity index (χ2n) is 7.69. The molecule has 1 aromatic carbocycles. The van der Waals surface area contributed by atoms with Gasteiger partial charge in [0.15, 0.2) is 0 Å². The Morgan fingerprint density at radius 3 is 2.77 bits per heavy atom. The second kappa shape index (κ2) is 7.57. The van der Waals surface area contributed by atoms with Gasteiger partial charge in [-0.25, -0.2) is 0 Å². The number of thiophene rings is 1. The Labute approximate surface area is 159 Å². The fourth-order valence-corrected chi connectivity index (χ4v) is 5.43. The lowest BCUT2D eigenvalue weighted by atomic mass is 9.94. The fraction of sp³-hybridized carbons (Fsp3) is 0.571. The van der Waals surface area contributed by atoms with Crippen LogP contribution in [0, 0.1) is 6.92 Å². The van der Waals surface area contributed by atoms with Crippen molar-refractivity contribution in [1.29, 1.82) is 0 Å². The van der Waals surface area contributed by atoms with Gasteiger partial charge in [-0.2, -0.15) is 0 Å². The molecule has 1 atom stereocenters. The lowest BCUT2D eigenvalue weighted by molar-refractivity contribution is 0.0932. The summed E-state index contributed by atoms with van der Waals surface area (Å²) in [6.07, 6.45) is 7.79. The largest absolute Gasteiger partial charge is 0.496 e. The van der Waals surface area contributed by atoms with Crippen molar-refractivity contribution in [2.24, 2.45) is 0 Å². The van der Waals surface area contributed by atoms with E-state index in [0.29, 0.717) is 11.3 Å². The lowest BCUT2D eigenvalue weighted by Crippen LogP contribution is -2.40. The van der Waals surface area contributed by atoms with E-state index in [2.05, 4.69) is 23.2 Å². The number of hydrogen-bond acceptors (Lipinski definition) is 4. The zero-order valence-corrected chi connectivity index (χ0v) is 16.5. The van der Waals surface area contributed by atoms with Crippen LogP contribution >= 0.6 is 11.3 Å². The third-order valence-corrected chi connectivity index (χ3v) is 6.87. The van der Waals surface area contributed by atoms with Crippen molar-refractivity contribution in [2.75, 3.05) is 20.2 Å². The molecular formula is C21H28N2O2S. The van der Waals surface area contributed by atoms with Gasteiger partial charge in [-0.05, 0) is 49.8 Å². The van der Waals surface area contributed by atoms with E-state index in [1.54, 1.807) is 18.4 Å². The van der Waals surface area contributed by atoms with Gasteiger partial charge in [-0.1, -0.05) is 19.3 Å². The summed E-state index contributed by atoms with van der Waals surface area (Å²) in [6, 6.07) is 7.07. The molecule has 1 aliphatic heterocycles. The molecule has 2 fully saturated rings. The van der Waals surface area contributed by atoms with Crippen molar-refractivity contribution in [1.82, 2.24) is 10.2 Å². The molecule has 26 heavy (non-hydrogen) atoms. The predicted molar refractivity (Wildman–Crippen MR) is 107 cm³/mol. The molecule has 2 aliphatic rings. The van der Waals surface area contributed by atoms with Crippen LogP contribution in [0.3, 0.4) is 0 Å². The Morgan fingerprint density at radius 2 is 2.00 bits per heavy atom. The van der Waals surface area contributed by atoms with Crippen LogP contribution < -0.4 is 10.1 Å². The third kappa shape index (κ3) is 3.60. The number of rotatable bonds is 4. The van der Waals surface area contributed by atoms with E-state index in [0.717, 1.165) is 30.9 Å². The fourth-order valence-electron chi connectivity index (χ4n) is 4.49. The maximum Gasteiger partial charge on any atom is 0.255 e. The molecule has 4 nitrogen and oxygen atoms in total. The van der Waals surface area contributed by atoms with E-state index in [4.69, 9.17) is 4.74 Å². The van der Waals surface area contributed by atoms with Gasteiger partial charge in [-0.3, -0.25) is 9.69 Å². The van der Waals surface area contributed by atoms with Gasteiger partial charge in [0.25, 0.3) is 5.91 Å². The number of fused-ring (bicyclic) bond motifs is 1. The maximum absolute atomic E-state index is 12.9. The summed E-state index contributed by atoms with van der Waals surface area (Å²) in [5.74, 6) is 0.655. The number of amides is 1. The van der Waals surface area contributed by atoms with Crippen LogP contribution in [0.25, 0.3) is 10.1 Å². The van der Waals surface area contributed by atoms with Crippen molar-refractivity contribution < 1.29 is 9.53 Å². The normalized spacial score (nSPS) is 22.0. The smallest absolute Gasteiger partial charge is 0.255 e. The minimum atomic E-state index is -0.0110. The summed E-state index contributed by atoms with van der Waals surface area (Å²) in [6.45, 7) is 4.18. The number of likely N-dealkylation sites (tertiary alicyclic amines) is 1. The Morgan fingerprint density at radius 1 is 1.19 bits per heavy atom. The SMILES string of the molecule is COc1cc2sc(C)cc2cc1C(=O)NC1CCN(C2CCCCC2)C1. The average Bonchev–Trinajstić information content (AvgIpc) is 3.26. The van der Waals surface area contributed by atoms with Crippen LogP contribution in [0.5, 0.6) is 5.75 Å². The molecule has 1 amide bonds. The molecule has 0 bridgehead atoms. The monoisotopic (exact) mass is 372 g/mol. The van der Waals surface area contributed by atoms with Crippen molar-refractivity contribution >= 4 is 27.3 Å². The molecule has 2 heterocycles. The van der Waals surface area contributed by atoms with E-state index in [9.17, 15) is 4.79 Å². The van der Waals surface area contributed by atoms with Gasteiger partial charge >= 0.3 is 0 Å². The maximum atomic E-state index is 12.9. The molecule has 1 saturated heterocycles. The van der Waals surface area contributed by atoms with Crippen LogP contribution in [-0.4, -0.2) is 43.1 Å². The number of methoxy groups -OCH3 is 1. The van der Waals surface area contributed by atoms with E-state index < -0.39 is 0 Å². The highest BCUT2D eigenvalue weighted by atomic mass is 32.1. The molecule has 0 radical (unpaired) electrons. The minimum absolute atomic E-state index is 0.0110. The summed E-state index contributed by atoms with van der Waals surface area (Å²) < 4.78 is 6.67. The first-order valence-corrected chi connectivity index (χ1v) is 10.6. The molecule has 4 rings (SSSR count). The molecule has 1 N–H and O–H groups in total. The van der Waals surface area contributed by atoms with Crippen molar-refractivity contribution in [3.05, 3.63) is 28.6 Å². The number of ether oxygens (including phenoxy) is 1. The van der Waals surface area contributed by atoms with Gasteiger partial charge in [0.05, 0.1) is 12.7 Å². The zero-order chi connectivity index (χ0) is 18.1. The van der Waals surface area contributed by atoms with Crippen molar-refractivity contribution in [3.63, 3.8) is 0 Å². The summed E-state index contributed by atoms with van der Waals surface area (Å²) >= 11 is 1.73. The summed E-state index contributed by atoms with van der Waals surface area (Å²) in [7, 11) is 1.64. The Bertz CT molecular complexity index is 795. The number of nitrogens with zero attached hydrogens (tertiary/aromatic N) is 1. The van der Waals surface area contributed by atoms with Crippen LogP contribution in [0.4, 0.5) is 0 Å². The molecule has 1 aromatic heterocycles.